The summed E-state index contributed by atoms with van der Waals surface area (Å²) in [5, 5.41) is 19.3. The number of hydrogen-bond acceptors (Lipinski definition) is 5. The Labute approximate surface area is 165 Å². The second-order valence-electron chi connectivity index (χ2n) is 6.95. The molecule has 0 heterocycles. The van der Waals surface area contributed by atoms with Gasteiger partial charge >= 0.3 is 5.97 Å². The molecule has 0 saturated carbocycles. The topological polar surface area (TPSA) is 85.2 Å². The number of rotatable bonds is 11. The van der Waals surface area contributed by atoms with Crippen LogP contribution in [0.25, 0.3) is 0 Å². The molecular weight excluding hydrogens is 360 g/mol. The third kappa shape index (κ3) is 7.58. The zero-order chi connectivity index (χ0) is 20.5. The first-order chi connectivity index (χ1) is 13.3. The lowest BCUT2D eigenvalue weighted by molar-refractivity contribution is -0.153. The van der Waals surface area contributed by atoms with Crippen LogP contribution in [0.1, 0.15) is 25.0 Å². The second kappa shape index (κ2) is 10.7. The molecule has 0 spiro atoms. The normalized spacial score (nSPS) is 13.2. The molecule has 2 aromatic rings. The maximum atomic E-state index is 11.3. The van der Waals surface area contributed by atoms with Crippen molar-refractivity contribution in [3.05, 3.63) is 59.7 Å². The molecular formula is C22H28O6. The van der Waals surface area contributed by atoms with Gasteiger partial charge in [-0.05, 0) is 56.2 Å². The molecule has 28 heavy (non-hydrogen) atoms. The zero-order valence-electron chi connectivity index (χ0n) is 16.5. The first-order valence-corrected chi connectivity index (χ1v) is 9.31. The Hall–Kier alpha value is -2.57. The Kier molecular flexibility index (Phi) is 8.29. The minimum atomic E-state index is -0.981. The van der Waals surface area contributed by atoms with Crippen molar-refractivity contribution in [3.63, 3.8) is 0 Å². The highest BCUT2D eigenvalue weighted by molar-refractivity contribution is 5.72. The number of carboxylic acid groups (broad SMARTS) is 1. The van der Waals surface area contributed by atoms with Crippen molar-refractivity contribution in [1.82, 2.24) is 0 Å². The Morgan fingerprint density at radius 1 is 1.00 bits per heavy atom. The summed E-state index contributed by atoms with van der Waals surface area (Å²) in [6.45, 7) is 5.82. The lowest BCUT2D eigenvalue weighted by atomic mass is 10.1. The van der Waals surface area contributed by atoms with Gasteiger partial charge in [0.05, 0.1) is 6.10 Å². The molecule has 0 bridgehead atoms. The van der Waals surface area contributed by atoms with E-state index in [1.165, 1.54) is 0 Å². The number of benzene rings is 2. The Morgan fingerprint density at radius 2 is 1.64 bits per heavy atom. The summed E-state index contributed by atoms with van der Waals surface area (Å²) < 4.78 is 16.5. The van der Waals surface area contributed by atoms with E-state index in [2.05, 4.69) is 0 Å². The van der Waals surface area contributed by atoms with Gasteiger partial charge in [0.2, 0.25) is 0 Å². The molecule has 0 amide bonds. The van der Waals surface area contributed by atoms with Crippen LogP contribution in [0.5, 0.6) is 11.5 Å². The fraction of sp³-hybridized carbons (Fsp3) is 0.409. The van der Waals surface area contributed by atoms with E-state index >= 15 is 0 Å². The van der Waals surface area contributed by atoms with Crippen LogP contribution in [0.4, 0.5) is 0 Å². The van der Waals surface area contributed by atoms with Gasteiger partial charge in [0.1, 0.15) is 30.8 Å². The first-order valence-electron chi connectivity index (χ1n) is 9.31. The monoisotopic (exact) mass is 388 g/mol. The van der Waals surface area contributed by atoms with Crippen LogP contribution in [-0.4, -0.2) is 47.7 Å². The van der Waals surface area contributed by atoms with Crippen molar-refractivity contribution in [2.24, 2.45) is 0 Å². The smallest absolute Gasteiger partial charge is 0.333 e. The average molecular weight is 388 g/mol. The number of aryl methyl sites for hydroxylation is 1. The molecule has 152 valence electrons. The van der Waals surface area contributed by atoms with Crippen molar-refractivity contribution in [3.8, 4) is 11.5 Å². The minimum Gasteiger partial charge on any atom is -0.491 e. The van der Waals surface area contributed by atoms with Crippen molar-refractivity contribution in [2.45, 2.75) is 45.5 Å². The van der Waals surface area contributed by atoms with Crippen LogP contribution in [-0.2, 0) is 16.0 Å². The third-order valence-electron chi connectivity index (χ3n) is 3.93. The Morgan fingerprint density at radius 3 is 2.21 bits per heavy atom. The van der Waals surface area contributed by atoms with E-state index in [-0.39, 0.29) is 25.7 Å². The molecule has 2 N–H and O–H groups in total. The highest BCUT2D eigenvalue weighted by Crippen LogP contribution is 2.16. The molecule has 2 rings (SSSR count). The van der Waals surface area contributed by atoms with Gasteiger partial charge in [0, 0.05) is 6.42 Å². The number of carbonyl (C=O) groups is 1. The SMILES string of the molecule is Cc1cccc(OCC(O)COc2ccc(CC(OC(C)C)C(=O)O)cc2)c1. The predicted octanol–water partition coefficient (Wildman–Crippen LogP) is 3.23. The largest absolute Gasteiger partial charge is 0.491 e. The van der Waals surface area contributed by atoms with Crippen LogP contribution < -0.4 is 9.47 Å². The fourth-order valence-corrected chi connectivity index (χ4v) is 2.60. The van der Waals surface area contributed by atoms with Gasteiger partial charge in [0.25, 0.3) is 0 Å². The van der Waals surface area contributed by atoms with Gasteiger partial charge in [0.15, 0.2) is 6.10 Å². The highest BCUT2D eigenvalue weighted by atomic mass is 16.5. The second-order valence-corrected chi connectivity index (χ2v) is 6.95. The van der Waals surface area contributed by atoms with E-state index in [0.717, 1.165) is 11.1 Å². The van der Waals surface area contributed by atoms with E-state index in [4.69, 9.17) is 14.2 Å². The summed E-state index contributed by atoms with van der Waals surface area (Å²) in [5.41, 5.74) is 1.93. The maximum Gasteiger partial charge on any atom is 0.333 e. The average Bonchev–Trinajstić information content (AvgIpc) is 2.65. The van der Waals surface area contributed by atoms with Crippen LogP contribution in [0.15, 0.2) is 48.5 Å². The van der Waals surface area contributed by atoms with E-state index < -0.39 is 18.2 Å². The zero-order valence-corrected chi connectivity index (χ0v) is 16.5. The summed E-state index contributed by atoms with van der Waals surface area (Å²) in [5.74, 6) is 0.320. The standard InChI is InChI=1S/C22H28O6/c1-15(2)28-21(22(24)25)12-17-7-9-19(10-8-17)26-13-18(23)14-27-20-6-4-5-16(3)11-20/h4-11,15,18,21,23H,12-14H2,1-3H3,(H,24,25). The molecule has 0 aromatic heterocycles. The van der Waals surface area contributed by atoms with Gasteiger partial charge in [-0.1, -0.05) is 24.3 Å². The number of aliphatic hydroxyl groups excluding tert-OH is 1. The predicted molar refractivity (Wildman–Crippen MR) is 106 cm³/mol. The van der Waals surface area contributed by atoms with Crippen LogP contribution in [0, 0.1) is 6.92 Å². The quantitative estimate of drug-likeness (QED) is 0.615. The lowest BCUT2D eigenvalue weighted by Gasteiger charge is -2.17. The Bertz CT molecular complexity index is 741. The first kappa shape index (κ1) is 21.7. The van der Waals surface area contributed by atoms with Crippen LogP contribution >= 0.6 is 0 Å². The number of ether oxygens (including phenoxy) is 3. The summed E-state index contributed by atoms with van der Waals surface area (Å²) in [6.07, 6.45) is -1.53. The Balaban J connectivity index is 1.79. The molecule has 2 unspecified atom stereocenters. The van der Waals surface area contributed by atoms with Gasteiger partial charge in [-0.15, -0.1) is 0 Å². The van der Waals surface area contributed by atoms with Crippen molar-refractivity contribution in [2.75, 3.05) is 13.2 Å². The summed E-state index contributed by atoms with van der Waals surface area (Å²) in [4.78, 5) is 11.3. The van der Waals surface area contributed by atoms with E-state index in [1.54, 1.807) is 38.1 Å². The molecule has 0 aliphatic heterocycles. The molecule has 0 radical (unpaired) electrons. The summed E-state index contributed by atoms with van der Waals surface area (Å²) in [7, 11) is 0. The summed E-state index contributed by atoms with van der Waals surface area (Å²) >= 11 is 0. The number of aliphatic carboxylic acids is 1. The van der Waals surface area contributed by atoms with E-state index in [1.807, 2.05) is 31.2 Å². The highest BCUT2D eigenvalue weighted by Gasteiger charge is 2.20. The number of aliphatic hydroxyl groups is 1. The molecule has 0 saturated heterocycles. The van der Waals surface area contributed by atoms with Crippen LogP contribution in [0.3, 0.4) is 0 Å². The fourth-order valence-electron chi connectivity index (χ4n) is 2.60. The van der Waals surface area contributed by atoms with Crippen molar-refractivity contribution >= 4 is 5.97 Å². The van der Waals surface area contributed by atoms with E-state index in [0.29, 0.717) is 11.5 Å². The van der Waals surface area contributed by atoms with Gasteiger partial charge in [-0.2, -0.15) is 0 Å². The van der Waals surface area contributed by atoms with Crippen molar-refractivity contribution < 1.29 is 29.2 Å². The minimum absolute atomic E-state index is 0.0966. The molecule has 6 heteroatoms. The molecule has 0 aliphatic rings. The number of hydrogen-bond donors (Lipinski definition) is 2. The van der Waals surface area contributed by atoms with E-state index in [9.17, 15) is 15.0 Å². The van der Waals surface area contributed by atoms with Gasteiger partial charge < -0.3 is 24.4 Å². The lowest BCUT2D eigenvalue weighted by Crippen LogP contribution is -2.29. The molecule has 2 aromatic carbocycles. The van der Waals surface area contributed by atoms with Gasteiger partial charge in [-0.3, -0.25) is 0 Å². The molecule has 0 aliphatic carbocycles. The summed E-state index contributed by atoms with van der Waals surface area (Å²) in [6, 6.07) is 14.7. The number of carboxylic acids is 1. The molecule has 0 fully saturated rings. The van der Waals surface area contributed by atoms with Crippen molar-refractivity contribution in [1.29, 1.82) is 0 Å². The maximum absolute atomic E-state index is 11.3. The van der Waals surface area contributed by atoms with Gasteiger partial charge in [-0.25, -0.2) is 4.79 Å². The van der Waals surface area contributed by atoms with Crippen LogP contribution in [0.2, 0.25) is 0 Å². The molecule has 6 nitrogen and oxygen atoms in total. The third-order valence-corrected chi connectivity index (χ3v) is 3.93. The molecule has 2 atom stereocenters.